The smallest absolute Gasteiger partial charge is 0.164 e. The number of pyridine rings is 1. The summed E-state index contributed by atoms with van der Waals surface area (Å²) in [6.45, 7) is 0. The Morgan fingerprint density at radius 3 is 1.31 bits per heavy atom. The third-order valence-electron chi connectivity index (χ3n) is 10.9. The Balaban J connectivity index is 1.07. The van der Waals surface area contributed by atoms with Crippen LogP contribution in [0.25, 0.3) is 106 Å². The van der Waals surface area contributed by atoms with Crippen molar-refractivity contribution in [3.05, 3.63) is 206 Å². The lowest BCUT2D eigenvalue weighted by Crippen LogP contribution is -2.00. The van der Waals surface area contributed by atoms with E-state index in [1.54, 1.807) is 0 Å². The number of hydrogen-bond acceptors (Lipinski definition) is 5. The third kappa shape index (κ3) is 6.11. The van der Waals surface area contributed by atoms with Gasteiger partial charge >= 0.3 is 0 Å². The first-order chi connectivity index (χ1) is 29.3. The minimum atomic E-state index is 0.630. The highest BCUT2D eigenvalue weighted by Crippen LogP contribution is 2.44. The number of aromatic nitrogens is 6. The van der Waals surface area contributed by atoms with Gasteiger partial charge in [-0.05, 0) is 80.2 Å². The van der Waals surface area contributed by atoms with Gasteiger partial charge < -0.3 is 0 Å². The van der Waals surface area contributed by atoms with Crippen molar-refractivity contribution in [1.82, 2.24) is 29.5 Å². The van der Waals surface area contributed by atoms with E-state index in [1.807, 2.05) is 91.1 Å². The average molecular weight is 755 g/mol. The zero-order chi connectivity index (χ0) is 39.1. The van der Waals surface area contributed by atoms with E-state index in [0.717, 1.165) is 56.1 Å². The number of para-hydroxylation sites is 1. The first kappa shape index (κ1) is 34.2. The highest BCUT2D eigenvalue weighted by Gasteiger charge is 2.20. The molecule has 0 N–H and O–H groups in total. The topological polar surface area (TPSA) is 69.4 Å². The van der Waals surface area contributed by atoms with Gasteiger partial charge in [0, 0.05) is 28.6 Å². The molecule has 276 valence electrons. The highest BCUT2D eigenvalue weighted by molar-refractivity contribution is 6.21. The monoisotopic (exact) mass is 754 g/mol. The van der Waals surface area contributed by atoms with Crippen LogP contribution in [0.4, 0.5) is 0 Å². The number of rotatable bonds is 7. The van der Waals surface area contributed by atoms with E-state index in [1.165, 1.54) is 32.7 Å². The summed E-state index contributed by atoms with van der Waals surface area (Å²) < 4.78 is 2.22. The third-order valence-corrected chi connectivity index (χ3v) is 10.9. The molecule has 0 saturated heterocycles. The Morgan fingerprint density at radius 1 is 0.339 bits per heavy atom. The van der Waals surface area contributed by atoms with Gasteiger partial charge in [0.05, 0.1) is 11.0 Å². The van der Waals surface area contributed by atoms with Crippen LogP contribution in [0.5, 0.6) is 0 Å². The fraction of sp³-hybridized carbons (Fsp3) is 0. The quantitative estimate of drug-likeness (QED) is 0.152. The molecule has 6 heteroatoms. The number of nitrogens with zero attached hydrogens (tertiary/aromatic N) is 6. The molecule has 0 spiro atoms. The number of benzene rings is 8. The summed E-state index contributed by atoms with van der Waals surface area (Å²) in [5.41, 5.74) is 11.2. The van der Waals surface area contributed by atoms with E-state index in [9.17, 15) is 0 Å². The average Bonchev–Trinajstić information content (AvgIpc) is 3.71. The lowest BCUT2D eigenvalue weighted by atomic mass is 9.86. The fourth-order valence-corrected chi connectivity index (χ4v) is 8.21. The van der Waals surface area contributed by atoms with Gasteiger partial charge in [0.2, 0.25) is 0 Å². The zero-order valence-electron chi connectivity index (χ0n) is 31.8. The van der Waals surface area contributed by atoms with E-state index >= 15 is 0 Å². The molecular formula is C53H34N6. The van der Waals surface area contributed by atoms with E-state index in [4.69, 9.17) is 24.9 Å². The summed E-state index contributed by atoms with van der Waals surface area (Å²) >= 11 is 0. The Labute approximate surface area is 340 Å². The van der Waals surface area contributed by atoms with Crippen molar-refractivity contribution in [2.45, 2.75) is 0 Å². The molecule has 0 bridgehead atoms. The summed E-state index contributed by atoms with van der Waals surface area (Å²) in [6, 6.07) is 69.3. The molecule has 6 nitrogen and oxygen atoms in total. The van der Waals surface area contributed by atoms with Crippen LogP contribution >= 0.6 is 0 Å². The lowest BCUT2D eigenvalue weighted by Gasteiger charge is -2.18. The van der Waals surface area contributed by atoms with Crippen LogP contribution in [0.1, 0.15) is 0 Å². The molecule has 0 fully saturated rings. The van der Waals surface area contributed by atoms with Crippen molar-refractivity contribution in [2.75, 3.05) is 0 Å². The molecule has 0 atom stereocenters. The van der Waals surface area contributed by atoms with Crippen LogP contribution in [0, 0.1) is 0 Å². The highest BCUT2D eigenvalue weighted by atomic mass is 15.1. The summed E-state index contributed by atoms with van der Waals surface area (Å²) in [4.78, 5) is 24.7. The molecule has 0 saturated carbocycles. The van der Waals surface area contributed by atoms with Gasteiger partial charge in [-0.15, -0.1) is 0 Å². The summed E-state index contributed by atoms with van der Waals surface area (Å²) in [5.74, 6) is 2.72. The van der Waals surface area contributed by atoms with Crippen molar-refractivity contribution >= 4 is 32.6 Å². The molecule has 0 unspecified atom stereocenters. The molecule has 8 aromatic carbocycles. The van der Waals surface area contributed by atoms with Crippen LogP contribution in [0.2, 0.25) is 0 Å². The molecule has 0 radical (unpaired) electrons. The summed E-state index contributed by atoms with van der Waals surface area (Å²) in [6.07, 6.45) is 1.82. The molecule has 0 aliphatic rings. The first-order valence-electron chi connectivity index (χ1n) is 19.7. The molecule has 11 aromatic rings. The Hall–Kier alpha value is -8.09. The van der Waals surface area contributed by atoms with Crippen molar-refractivity contribution < 1.29 is 0 Å². The van der Waals surface area contributed by atoms with Gasteiger partial charge in [-0.2, -0.15) is 0 Å². The maximum Gasteiger partial charge on any atom is 0.164 e. The number of hydrogen-bond donors (Lipinski definition) is 0. The van der Waals surface area contributed by atoms with Crippen molar-refractivity contribution in [1.29, 1.82) is 0 Å². The second-order valence-electron chi connectivity index (χ2n) is 14.5. The van der Waals surface area contributed by atoms with Crippen LogP contribution in [-0.4, -0.2) is 29.5 Å². The molecular weight excluding hydrogens is 721 g/mol. The van der Waals surface area contributed by atoms with E-state index < -0.39 is 0 Å². The fourth-order valence-electron chi connectivity index (χ4n) is 8.21. The number of imidazole rings is 1. The molecule has 3 heterocycles. The van der Waals surface area contributed by atoms with Gasteiger partial charge in [-0.3, -0.25) is 9.55 Å². The summed E-state index contributed by atoms with van der Waals surface area (Å²) in [7, 11) is 0. The second-order valence-corrected chi connectivity index (χ2v) is 14.5. The van der Waals surface area contributed by atoms with Gasteiger partial charge in [0.25, 0.3) is 0 Å². The van der Waals surface area contributed by atoms with E-state index in [2.05, 4.69) is 120 Å². The normalized spacial score (nSPS) is 11.4. The van der Waals surface area contributed by atoms with Crippen LogP contribution in [0.3, 0.4) is 0 Å². The van der Waals surface area contributed by atoms with Crippen LogP contribution in [-0.2, 0) is 0 Å². The molecule has 59 heavy (non-hydrogen) atoms. The molecule has 0 amide bonds. The minimum Gasteiger partial charge on any atom is -0.291 e. The van der Waals surface area contributed by atoms with Crippen molar-refractivity contribution in [3.8, 4) is 73.6 Å². The first-order valence-corrected chi connectivity index (χ1v) is 19.7. The largest absolute Gasteiger partial charge is 0.291 e. The lowest BCUT2D eigenvalue weighted by molar-refractivity contribution is 1.07. The SMILES string of the molecule is c1ccc(-c2nc(-c3ccccc3)nc(-c3ccc(-c4c5ccccc5c(-c5ccc6nc(-c7ccccn7)n(-c7ccccc7)c6c5)c5ccccc45)cc3)n2)cc1. The Bertz CT molecular complexity index is 3180. The maximum absolute atomic E-state index is 5.13. The molecule has 0 aliphatic heterocycles. The maximum atomic E-state index is 5.13. The standard InChI is InChI=1S/C53H34N6/c1-4-16-36(17-5-1)50-56-51(37-18-6-2-7-19-37)58-52(57-50)38-29-27-35(28-30-38)48-41-22-10-12-24-43(41)49(44-25-13-11-23-42(44)48)39-31-32-45-47(34-39)59(40-20-8-3-9-21-40)53(55-45)46-26-14-15-33-54-46/h1-34H. The second kappa shape index (κ2) is 14.4. The van der Waals surface area contributed by atoms with Crippen LogP contribution in [0.15, 0.2) is 206 Å². The Morgan fingerprint density at radius 2 is 0.780 bits per heavy atom. The van der Waals surface area contributed by atoms with Gasteiger partial charge in [0.1, 0.15) is 5.69 Å². The summed E-state index contributed by atoms with van der Waals surface area (Å²) in [5, 5.41) is 4.71. The van der Waals surface area contributed by atoms with Gasteiger partial charge in [0.15, 0.2) is 23.3 Å². The molecule has 3 aromatic heterocycles. The minimum absolute atomic E-state index is 0.630. The van der Waals surface area contributed by atoms with Crippen LogP contribution < -0.4 is 0 Å². The van der Waals surface area contributed by atoms with E-state index in [0.29, 0.717) is 17.5 Å². The molecule has 11 rings (SSSR count). The Kier molecular flexibility index (Phi) is 8.37. The predicted octanol–water partition coefficient (Wildman–Crippen LogP) is 12.9. The predicted molar refractivity (Wildman–Crippen MR) is 240 cm³/mol. The van der Waals surface area contributed by atoms with Crippen molar-refractivity contribution in [2.24, 2.45) is 0 Å². The molecule has 0 aliphatic carbocycles. The number of fused-ring (bicyclic) bond motifs is 3. The van der Waals surface area contributed by atoms with Crippen molar-refractivity contribution in [3.63, 3.8) is 0 Å². The van der Waals surface area contributed by atoms with Gasteiger partial charge in [-0.25, -0.2) is 19.9 Å². The van der Waals surface area contributed by atoms with Gasteiger partial charge in [-0.1, -0.05) is 164 Å². The van der Waals surface area contributed by atoms with E-state index in [-0.39, 0.29) is 0 Å². The zero-order valence-corrected chi connectivity index (χ0v) is 31.8.